The molecule has 1 aromatic carbocycles. The molecule has 0 fully saturated rings. The van der Waals surface area contributed by atoms with Gasteiger partial charge in [0.1, 0.15) is 18.1 Å². The summed E-state index contributed by atoms with van der Waals surface area (Å²) in [6.45, 7) is 6.05. The summed E-state index contributed by atoms with van der Waals surface area (Å²) in [6, 6.07) is 7.88. The van der Waals surface area contributed by atoms with Gasteiger partial charge in [-0.05, 0) is 38.3 Å². The molecule has 0 bridgehead atoms. The van der Waals surface area contributed by atoms with Gasteiger partial charge in [-0.15, -0.1) is 0 Å². The number of carbonyl (C=O) groups is 1. The maximum absolute atomic E-state index is 11.4. The Morgan fingerprint density at radius 2 is 2.07 bits per heavy atom. The van der Waals surface area contributed by atoms with Crippen molar-refractivity contribution < 1.29 is 19.1 Å². The molecule has 0 radical (unpaired) electrons. The van der Waals surface area contributed by atoms with Gasteiger partial charge in [-0.3, -0.25) is 4.79 Å². The lowest BCUT2D eigenvalue weighted by atomic mass is 10.1. The number of imidazole rings is 1. The third-order valence-electron chi connectivity index (χ3n) is 4.17. The van der Waals surface area contributed by atoms with Crippen molar-refractivity contribution in [1.82, 2.24) is 9.55 Å². The van der Waals surface area contributed by atoms with Gasteiger partial charge in [-0.25, -0.2) is 4.98 Å². The van der Waals surface area contributed by atoms with Crippen LogP contribution in [0.5, 0.6) is 5.75 Å². The molecule has 0 aliphatic carbocycles. The molecule has 0 atom stereocenters. The molecule has 0 amide bonds. The number of unbranched alkanes of at least 4 members (excludes halogenated alkanes) is 2. The summed E-state index contributed by atoms with van der Waals surface area (Å²) >= 11 is 0. The van der Waals surface area contributed by atoms with Gasteiger partial charge in [0.05, 0.1) is 26.1 Å². The van der Waals surface area contributed by atoms with Gasteiger partial charge in [0.2, 0.25) is 0 Å². The second-order valence-corrected chi connectivity index (χ2v) is 6.60. The van der Waals surface area contributed by atoms with E-state index in [2.05, 4.69) is 17.1 Å². The van der Waals surface area contributed by atoms with E-state index in [1.807, 2.05) is 35.0 Å². The van der Waals surface area contributed by atoms with Gasteiger partial charge in [0, 0.05) is 24.4 Å². The van der Waals surface area contributed by atoms with E-state index in [-0.39, 0.29) is 5.97 Å². The first-order valence-electron chi connectivity index (χ1n) is 10.3. The quantitative estimate of drug-likeness (QED) is 0.205. The highest BCUT2D eigenvalue weighted by Gasteiger charge is 2.08. The minimum Gasteiger partial charge on any atom is -0.494 e. The summed E-state index contributed by atoms with van der Waals surface area (Å²) in [7, 11) is 0. The van der Waals surface area contributed by atoms with Gasteiger partial charge in [-0.1, -0.05) is 30.6 Å². The van der Waals surface area contributed by atoms with Crippen LogP contribution in [0.25, 0.3) is 0 Å². The summed E-state index contributed by atoms with van der Waals surface area (Å²) in [6.07, 6.45) is 9.34. The fourth-order valence-electron chi connectivity index (χ4n) is 2.62. The fourth-order valence-corrected chi connectivity index (χ4v) is 2.62. The highest BCUT2D eigenvalue weighted by atomic mass is 16.6. The summed E-state index contributed by atoms with van der Waals surface area (Å²) in [5.41, 5.74) is 1.73. The largest absolute Gasteiger partial charge is 0.494 e. The van der Waals surface area contributed by atoms with Crippen molar-refractivity contribution in [3.63, 3.8) is 0 Å². The van der Waals surface area contributed by atoms with Crippen LogP contribution < -0.4 is 4.74 Å². The lowest BCUT2D eigenvalue weighted by Gasteiger charge is -2.11. The van der Waals surface area contributed by atoms with Gasteiger partial charge in [-0.2, -0.15) is 0 Å². The van der Waals surface area contributed by atoms with Crippen LogP contribution >= 0.6 is 0 Å². The van der Waals surface area contributed by atoms with Crippen molar-refractivity contribution in [2.75, 3.05) is 19.8 Å². The molecule has 29 heavy (non-hydrogen) atoms. The molecular formula is C22H31N3O4. The number of hydrogen-bond donors (Lipinski definition) is 0. The molecule has 0 saturated heterocycles. The molecule has 0 spiro atoms. The van der Waals surface area contributed by atoms with Gasteiger partial charge < -0.3 is 18.9 Å². The van der Waals surface area contributed by atoms with Crippen molar-refractivity contribution in [3.05, 3.63) is 48.5 Å². The fraction of sp³-hybridized carbons (Fsp3) is 0.500. The molecule has 1 aromatic heterocycles. The summed E-state index contributed by atoms with van der Waals surface area (Å²) in [5, 5.41) is 4.36. The predicted molar refractivity (Wildman–Crippen MR) is 112 cm³/mol. The molecule has 2 rings (SSSR count). The number of rotatable bonds is 14. The minimum absolute atomic E-state index is 0.170. The molecule has 0 aliphatic rings. The van der Waals surface area contributed by atoms with Crippen LogP contribution in [0.3, 0.4) is 0 Å². The Kier molecular flexibility index (Phi) is 10.3. The second-order valence-electron chi connectivity index (χ2n) is 6.60. The van der Waals surface area contributed by atoms with Crippen LogP contribution in [0.2, 0.25) is 0 Å². The molecular weight excluding hydrogens is 370 g/mol. The van der Waals surface area contributed by atoms with E-state index in [4.69, 9.17) is 14.3 Å². The monoisotopic (exact) mass is 401 g/mol. The Morgan fingerprint density at radius 1 is 1.17 bits per heavy atom. The van der Waals surface area contributed by atoms with Crippen LogP contribution in [0.15, 0.2) is 48.1 Å². The molecule has 0 unspecified atom stereocenters. The number of oxime groups is 1. The zero-order chi connectivity index (χ0) is 20.7. The van der Waals surface area contributed by atoms with Crippen LogP contribution in [-0.4, -0.2) is 41.1 Å². The first-order chi connectivity index (χ1) is 14.2. The average molecular weight is 402 g/mol. The van der Waals surface area contributed by atoms with E-state index in [0.29, 0.717) is 39.2 Å². The summed E-state index contributed by atoms with van der Waals surface area (Å²) < 4.78 is 12.7. The Hall–Kier alpha value is -2.83. The molecule has 7 nitrogen and oxygen atoms in total. The molecule has 7 heteroatoms. The maximum atomic E-state index is 11.4. The van der Waals surface area contributed by atoms with Crippen LogP contribution in [-0.2, 0) is 20.9 Å². The molecule has 1 heterocycles. The smallest absolute Gasteiger partial charge is 0.305 e. The van der Waals surface area contributed by atoms with Crippen LogP contribution in [0, 0.1) is 0 Å². The topological polar surface area (TPSA) is 74.9 Å². The van der Waals surface area contributed by atoms with E-state index in [9.17, 15) is 4.79 Å². The number of esters is 1. The molecule has 2 aromatic rings. The van der Waals surface area contributed by atoms with Gasteiger partial charge in [0.25, 0.3) is 0 Å². The molecule has 0 aliphatic heterocycles. The Balaban J connectivity index is 1.95. The highest BCUT2D eigenvalue weighted by molar-refractivity contribution is 6.00. The lowest BCUT2D eigenvalue weighted by Crippen LogP contribution is -2.12. The second kappa shape index (κ2) is 13.4. The lowest BCUT2D eigenvalue weighted by molar-refractivity contribution is -0.143. The Labute approximate surface area is 172 Å². The van der Waals surface area contributed by atoms with Crippen molar-refractivity contribution in [2.24, 2.45) is 5.16 Å². The third kappa shape index (κ3) is 8.81. The van der Waals surface area contributed by atoms with Crippen LogP contribution in [0.4, 0.5) is 0 Å². The van der Waals surface area contributed by atoms with Crippen molar-refractivity contribution >= 4 is 11.7 Å². The van der Waals surface area contributed by atoms with Crippen LogP contribution in [0.1, 0.15) is 51.5 Å². The molecule has 0 saturated carbocycles. The van der Waals surface area contributed by atoms with E-state index >= 15 is 0 Å². The zero-order valence-corrected chi connectivity index (χ0v) is 17.4. The first-order valence-corrected chi connectivity index (χ1v) is 10.3. The SMILES string of the molecule is CCCCOc1cccc(C(Cn2ccnc2)=NOCCCCC(=O)OCC)c1. The number of nitrogens with zero attached hydrogens (tertiary/aromatic N) is 3. The summed E-state index contributed by atoms with van der Waals surface area (Å²) in [4.78, 5) is 21.0. The number of benzene rings is 1. The van der Waals surface area contributed by atoms with Crippen molar-refractivity contribution in [2.45, 2.75) is 52.5 Å². The zero-order valence-electron chi connectivity index (χ0n) is 17.4. The Bertz CT molecular complexity index is 744. The van der Waals surface area contributed by atoms with Crippen molar-refractivity contribution in [3.8, 4) is 5.75 Å². The first kappa shape index (κ1) is 22.5. The number of aromatic nitrogens is 2. The maximum Gasteiger partial charge on any atom is 0.305 e. The third-order valence-corrected chi connectivity index (χ3v) is 4.17. The van der Waals surface area contributed by atoms with Crippen molar-refractivity contribution in [1.29, 1.82) is 0 Å². The van der Waals surface area contributed by atoms with E-state index < -0.39 is 0 Å². The number of ether oxygens (including phenoxy) is 2. The standard InChI is InChI=1S/C22H31N3O4/c1-3-5-14-28-20-10-8-9-19(16-20)21(17-25-13-12-23-18-25)24-29-15-7-6-11-22(26)27-4-2/h8-10,12-13,16,18H,3-7,11,14-15,17H2,1-2H3. The Morgan fingerprint density at radius 3 is 2.83 bits per heavy atom. The summed E-state index contributed by atoms with van der Waals surface area (Å²) in [5.74, 6) is 0.653. The number of carbonyl (C=O) groups excluding carboxylic acids is 1. The number of hydrogen-bond acceptors (Lipinski definition) is 6. The predicted octanol–water partition coefficient (Wildman–Crippen LogP) is 4.22. The van der Waals surface area contributed by atoms with E-state index in [1.54, 1.807) is 19.4 Å². The van der Waals surface area contributed by atoms with E-state index in [1.165, 1.54) is 0 Å². The minimum atomic E-state index is -0.170. The van der Waals surface area contributed by atoms with E-state index in [0.717, 1.165) is 36.3 Å². The normalized spacial score (nSPS) is 11.3. The average Bonchev–Trinajstić information content (AvgIpc) is 3.23. The van der Waals surface area contributed by atoms with Gasteiger partial charge >= 0.3 is 5.97 Å². The molecule has 158 valence electrons. The molecule has 0 N–H and O–H groups in total. The highest BCUT2D eigenvalue weighted by Crippen LogP contribution is 2.16. The van der Waals surface area contributed by atoms with Gasteiger partial charge in [0.15, 0.2) is 0 Å².